The number of aliphatic hydroxyl groups excluding tert-OH is 1. The molecule has 0 radical (unpaired) electrons. The third-order valence-corrected chi connectivity index (χ3v) is 4.57. The average Bonchev–Trinajstić information content (AvgIpc) is 3.10. The Labute approximate surface area is 141 Å². The molecule has 128 valence electrons. The second-order valence-electron chi connectivity index (χ2n) is 6.05. The molecule has 1 atom stereocenters. The van der Waals surface area contributed by atoms with Gasteiger partial charge >= 0.3 is 0 Å². The largest absolute Gasteiger partial charge is 0.496 e. The number of para-hydroxylation sites is 1. The first-order valence-electron chi connectivity index (χ1n) is 8.28. The van der Waals surface area contributed by atoms with Gasteiger partial charge in [0.2, 0.25) is 5.91 Å². The predicted octanol–water partition coefficient (Wildman–Crippen LogP) is 1.86. The van der Waals surface area contributed by atoms with Gasteiger partial charge in [-0.1, -0.05) is 18.2 Å². The molecule has 0 spiro atoms. The molecule has 6 heteroatoms. The van der Waals surface area contributed by atoms with E-state index in [1.807, 2.05) is 30.5 Å². The quantitative estimate of drug-likeness (QED) is 0.848. The zero-order valence-corrected chi connectivity index (χ0v) is 13.9. The van der Waals surface area contributed by atoms with Crippen LogP contribution in [0.1, 0.15) is 35.6 Å². The van der Waals surface area contributed by atoms with Gasteiger partial charge in [-0.05, 0) is 30.9 Å². The number of aryl methyl sites for hydroxylation is 1. The second-order valence-corrected chi connectivity index (χ2v) is 6.05. The maximum Gasteiger partial charge on any atom is 0.232 e. The number of nitrogens with one attached hydrogen (secondary N) is 1. The number of ether oxygens (including phenoxy) is 1. The first-order chi connectivity index (χ1) is 11.7. The molecule has 1 heterocycles. The van der Waals surface area contributed by atoms with E-state index in [4.69, 9.17) is 4.74 Å². The Morgan fingerprint density at radius 1 is 1.46 bits per heavy atom. The molecule has 2 N–H and O–H groups in total. The molecule has 1 aromatic heterocycles. The van der Waals surface area contributed by atoms with E-state index in [1.165, 1.54) is 0 Å². The molecule has 1 aliphatic rings. The first kappa shape index (κ1) is 16.5. The fourth-order valence-corrected chi connectivity index (χ4v) is 3.36. The number of aromatic nitrogens is 2. The Kier molecular flexibility index (Phi) is 5.15. The van der Waals surface area contributed by atoms with Crippen LogP contribution < -0.4 is 4.74 Å². The lowest BCUT2D eigenvalue weighted by Crippen LogP contribution is -2.38. The molecule has 6 nitrogen and oxygen atoms in total. The van der Waals surface area contributed by atoms with Crippen molar-refractivity contribution in [3.05, 3.63) is 47.3 Å². The molecule has 1 unspecified atom stereocenters. The number of carbonyl (C=O) groups excluding carboxylic acids is 1. The van der Waals surface area contributed by atoms with Gasteiger partial charge in [-0.15, -0.1) is 0 Å². The summed E-state index contributed by atoms with van der Waals surface area (Å²) in [5.74, 6) is 0.566. The molecular weight excluding hydrogens is 306 g/mol. The van der Waals surface area contributed by atoms with Crippen molar-refractivity contribution < 1.29 is 14.6 Å². The van der Waals surface area contributed by atoms with Crippen molar-refractivity contribution in [2.24, 2.45) is 0 Å². The summed E-state index contributed by atoms with van der Waals surface area (Å²) in [7, 11) is 1.62. The first-order valence-corrected chi connectivity index (χ1v) is 8.28. The normalized spacial score (nSPS) is 16.5. The Hall–Kier alpha value is -2.34. The van der Waals surface area contributed by atoms with Crippen LogP contribution in [0, 0.1) is 0 Å². The van der Waals surface area contributed by atoms with E-state index in [-0.39, 0.29) is 18.4 Å². The number of carbonyl (C=O) groups is 1. The Bertz CT molecular complexity index is 698. The summed E-state index contributed by atoms with van der Waals surface area (Å²) in [5.41, 5.74) is 2.98. The van der Waals surface area contributed by atoms with Crippen molar-refractivity contribution in [3.63, 3.8) is 0 Å². The van der Waals surface area contributed by atoms with Crippen LogP contribution >= 0.6 is 0 Å². The number of rotatable bonds is 6. The van der Waals surface area contributed by atoms with Crippen LogP contribution in [-0.4, -0.2) is 46.4 Å². The lowest BCUT2D eigenvalue weighted by atomic mass is 9.87. The van der Waals surface area contributed by atoms with Gasteiger partial charge in [0.05, 0.1) is 31.5 Å². The molecule has 1 aliphatic carbocycles. The topological polar surface area (TPSA) is 78.5 Å². The van der Waals surface area contributed by atoms with Crippen LogP contribution in [0.2, 0.25) is 0 Å². The fraction of sp³-hybridized carbons (Fsp3) is 0.444. The van der Waals surface area contributed by atoms with Crippen LogP contribution in [0.25, 0.3) is 0 Å². The van der Waals surface area contributed by atoms with Gasteiger partial charge in [0.15, 0.2) is 0 Å². The molecule has 0 fully saturated rings. The lowest BCUT2D eigenvalue weighted by molar-refractivity contribution is -0.134. The number of hydrogen-bond donors (Lipinski definition) is 2. The standard InChI is InChI=1S/C18H23N3O3/c1-24-16-8-3-2-5-14(16)12-21(9-10-22)18(23)15-7-4-6-13-11-19-20-17(13)15/h2-3,5,8,11,15,22H,4,6-7,9-10,12H2,1H3,(H,19,20). The molecule has 2 aromatic rings. The summed E-state index contributed by atoms with van der Waals surface area (Å²) in [6.45, 7) is 0.656. The highest BCUT2D eigenvalue weighted by atomic mass is 16.5. The van der Waals surface area contributed by atoms with E-state index in [0.29, 0.717) is 13.1 Å². The summed E-state index contributed by atoms with van der Waals surface area (Å²) >= 11 is 0. The summed E-state index contributed by atoms with van der Waals surface area (Å²) in [5, 5.41) is 16.5. The lowest BCUT2D eigenvalue weighted by Gasteiger charge is -2.29. The molecule has 24 heavy (non-hydrogen) atoms. The van der Waals surface area contributed by atoms with E-state index in [2.05, 4.69) is 10.2 Å². The summed E-state index contributed by atoms with van der Waals surface area (Å²) in [6, 6.07) is 7.65. The van der Waals surface area contributed by atoms with Crippen molar-refractivity contribution in [3.8, 4) is 5.75 Å². The van der Waals surface area contributed by atoms with Crippen LogP contribution in [0.15, 0.2) is 30.5 Å². The molecule has 1 amide bonds. The van der Waals surface area contributed by atoms with Crippen LogP contribution in [-0.2, 0) is 17.8 Å². The highest BCUT2D eigenvalue weighted by Crippen LogP contribution is 2.32. The Morgan fingerprint density at radius 3 is 3.08 bits per heavy atom. The number of methoxy groups -OCH3 is 1. The van der Waals surface area contributed by atoms with Gasteiger partial charge in [-0.3, -0.25) is 9.89 Å². The van der Waals surface area contributed by atoms with E-state index in [1.54, 1.807) is 12.0 Å². The van der Waals surface area contributed by atoms with Crippen LogP contribution in [0.4, 0.5) is 0 Å². The minimum atomic E-state index is -0.211. The average molecular weight is 329 g/mol. The molecule has 3 rings (SSSR count). The number of nitrogens with zero attached hydrogens (tertiary/aromatic N) is 2. The van der Waals surface area contributed by atoms with Crippen LogP contribution in [0.5, 0.6) is 5.75 Å². The summed E-state index contributed by atoms with van der Waals surface area (Å²) in [4.78, 5) is 14.8. The number of aromatic amines is 1. The minimum Gasteiger partial charge on any atom is -0.496 e. The van der Waals surface area contributed by atoms with Crippen LogP contribution in [0.3, 0.4) is 0 Å². The highest BCUT2D eigenvalue weighted by molar-refractivity contribution is 5.84. The van der Waals surface area contributed by atoms with Gasteiger partial charge in [0.1, 0.15) is 5.75 Å². The maximum absolute atomic E-state index is 13.1. The maximum atomic E-state index is 13.1. The van der Waals surface area contributed by atoms with E-state index in [0.717, 1.165) is 41.8 Å². The number of amides is 1. The van der Waals surface area contributed by atoms with E-state index >= 15 is 0 Å². The molecular formula is C18H23N3O3. The molecule has 0 saturated heterocycles. The van der Waals surface area contributed by atoms with Gasteiger partial charge in [-0.2, -0.15) is 5.10 Å². The van der Waals surface area contributed by atoms with Gasteiger partial charge < -0.3 is 14.7 Å². The monoisotopic (exact) mass is 329 g/mol. The van der Waals surface area contributed by atoms with Crippen molar-refractivity contribution in [1.29, 1.82) is 0 Å². The third-order valence-electron chi connectivity index (χ3n) is 4.57. The SMILES string of the molecule is COc1ccccc1CN(CCO)C(=O)C1CCCc2cn[nH]c21. The van der Waals surface area contributed by atoms with E-state index in [9.17, 15) is 9.90 Å². The minimum absolute atomic E-state index is 0.0279. The molecule has 0 aliphatic heterocycles. The summed E-state index contributed by atoms with van der Waals surface area (Å²) in [6.07, 6.45) is 4.56. The van der Waals surface area contributed by atoms with Gasteiger partial charge in [0.25, 0.3) is 0 Å². The third kappa shape index (κ3) is 3.28. The number of benzene rings is 1. The van der Waals surface area contributed by atoms with Gasteiger partial charge in [-0.25, -0.2) is 0 Å². The molecule has 0 saturated carbocycles. The number of aliphatic hydroxyl groups is 1. The van der Waals surface area contributed by atoms with E-state index < -0.39 is 0 Å². The Balaban J connectivity index is 1.82. The predicted molar refractivity (Wildman–Crippen MR) is 89.8 cm³/mol. The zero-order valence-electron chi connectivity index (χ0n) is 13.9. The summed E-state index contributed by atoms with van der Waals surface area (Å²) < 4.78 is 5.38. The van der Waals surface area contributed by atoms with Crippen molar-refractivity contribution in [2.45, 2.75) is 31.7 Å². The second kappa shape index (κ2) is 7.49. The fourth-order valence-electron chi connectivity index (χ4n) is 3.36. The zero-order chi connectivity index (χ0) is 16.9. The molecule has 1 aromatic carbocycles. The number of fused-ring (bicyclic) bond motifs is 1. The van der Waals surface area contributed by atoms with Crippen molar-refractivity contribution in [2.75, 3.05) is 20.3 Å². The number of H-pyrrole nitrogens is 1. The highest BCUT2D eigenvalue weighted by Gasteiger charge is 2.31. The molecule has 0 bridgehead atoms. The smallest absolute Gasteiger partial charge is 0.232 e. The Morgan fingerprint density at radius 2 is 2.29 bits per heavy atom. The van der Waals surface area contributed by atoms with Crippen molar-refractivity contribution in [1.82, 2.24) is 15.1 Å². The van der Waals surface area contributed by atoms with Crippen molar-refractivity contribution >= 4 is 5.91 Å². The van der Waals surface area contributed by atoms with Gasteiger partial charge in [0, 0.05) is 18.7 Å². The number of hydrogen-bond acceptors (Lipinski definition) is 4.